The lowest BCUT2D eigenvalue weighted by Crippen LogP contribution is -2.13. The van der Waals surface area contributed by atoms with Crippen LogP contribution in [0.5, 0.6) is 11.5 Å². The minimum atomic E-state index is 0.467. The van der Waals surface area contributed by atoms with Crippen LogP contribution in [0.2, 0.25) is 0 Å². The van der Waals surface area contributed by atoms with E-state index in [0.717, 1.165) is 49.1 Å². The predicted octanol–water partition coefficient (Wildman–Crippen LogP) is 11.0. The summed E-state index contributed by atoms with van der Waals surface area (Å²) in [4.78, 5) is 6.71. The van der Waals surface area contributed by atoms with E-state index in [0.29, 0.717) is 5.84 Å². The summed E-state index contributed by atoms with van der Waals surface area (Å²) in [5.74, 6) is 2.20. The molecule has 2 N–H and O–H groups in total. The van der Waals surface area contributed by atoms with Gasteiger partial charge in [-0.1, -0.05) is 103 Å². The van der Waals surface area contributed by atoms with Crippen LogP contribution in [0, 0.1) is 0 Å². The van der Waals surface area contributed by atoms with Crippen molar-refractivity contribution in [2.24, 2.45) is 10.7 Å². The monoisotopic (exact) mass is 584 g/mol. The van der Waals surface area contributed by atoms with E-state index in [1.54, 1.807) is 18.0 Å². The Morgan fingerprint density at radius 1 is 0.614 bits per heavy atom. The van der Waals surface area contributed by atoms with Gasteiger partial charge >= 0.3 is 0 Å². The first-order chi connectivity index (χ1) is 21.7. The van der Waals surface area contributed by atoms with Crippen molar-refractivity contribution in [1.82, 2.24) is 0 Å². The van der Waals surface area contributed by atoms with Gasteiger partial charge in [-0.3, -0.25) is 0 Å². The van der Waals surface area contributed by atoms with Crippen molar-refractivity contribution < 1.29 is 4.74 Å². The van der Waals surface area contributed by atoms with Crippen LogP contribution in [0.3, 0.4) is 0 Å². The fourth-order valence-electron chi connectivity index (χ4n) is 6.19. The van der Waals surface area contributed by atoms with Gasteiger partial charge in [0.2, 0.25) is 0 Å². The van der Waals surface area contributed by atoms with Gasteiger partial charge in [-0.2, -0.15) is 0 Å². The Morgan fingerprint density at radius 3 is 2.00 bits per heavy atom. The predicted molar refractivity (Wildman–Crippen MR) is 186 cm³/mol. The maximum Gasteiger partial charge on any atom is 0.149 e. The Morgan fingerprint density at radius 2 is 1.25 bits per heavy atom. The Labute approximate surface area is 260 Å². The molecule has 0 saturated heterocycles. The van der Waals surface area contributed by atoms with Crippen LogP contribution in [-0.4, -0.2) is 5.84 Å². The van der Waals surface area contributed by atoms with Crippen molar-refractivity contribution in [3.63, 3.8) is 0 Å². The molecule has 7 aromatic rings. The molecular weight excluding hydrogens is 557 g/mol. The fraction of sp³-hybridized carbons (Fsp3) is 0.0250. The number of benzene rings is 7. The first kappa shape index (κ1) is 26.3. The molecule has 0 spiro atoms. The minimum Gasteiger partial charge on any atom is -0.454 e. The molecule has 1 aliphatic rings. The van der Waals surface area contributed by atoms with E-state index in [1.165, 1.54) is 32.3 Å². The first-order valence-electron chi connectivity index (χ1n) is 14.7. The van der Waals surface area contributed by atoms with Gasteiger partial charge in [-0.15, -0.1) is 0 Å². The van der Waals surface area contributed by atoms with E-state index in [2.05, 4.69) is 114 Å². The van der Waals surface area contributed by atoms with Crippen molar-refractivity contribution in [3.8, 4) is 33.8 Å². The summed E-state index contributed by atoms with van der Waals surface area (Å²) in [7, 11) is 0. The highest BCUT2D eigenvalue weighted by molar-refractivity contribution is 7.99. The number of nitrogens with two attached hydrogens (primary N) is 1. The molecule has 4 heteroatoms. The molecule has 0 atom stereocenters. The largest absolute Gasteiger partial charge is 0.454 e. The van der Waals surface area contributed by atoms with Crippen LogP contribution in [0.15, 0.2) is 154 Å². The average molecular weight is 585 g/mol. The quantitative estimate of drug-likeness (QED) is 0.127. The molecule has 0 aromatic heterocycles. The second-order valence-electron chi connectivity index (χ2n) is 10.9. The SMILES string of the molecule is C/C=C\N=C(N)c1cc(-c2ccc3c4ccccc4c4ccccc4c3c2)cc(-c2cccc3c2Oc2ccccc2S3)c1. The third-order valence-corrected chi connectivity index (χ3v) is 9.34. The van der Waals surface area contributed by atoms with Crippen molar-refractivity contribution >= 4 is 49.9 Å². The zero-order valence-corrected chi connectivity index (χ0v) is 24.9. The molecule has 44 heavy (non-hydrogen) atoms. The molecule has 1 heterocycles. The number of ether oxygens (including phenoxy) is 1. The van der Waals surface area contributed by atoms with E-state index >= 15 is 0 Å². The Balaban J connectivity index is 1.35. The number of rotatable bonds is 4. The molecule has 0 bridgehead atoms. The van der Waals surface area contributed by atoms with E-state index in [-0.39, 0.29) is 0 Å². The number of hydrogen-bond donors (Lipinski definition) is 1. The van der Waals surface area contributed by atoms with Crippen LogP contribution in [0.25, 0.3) is 54.6 Å². The van der Waals surface area contributed by atoms with Gasteiger partial charge in [0.1, 0.15) is 17.3 Å². The molecule has 7 aromatic carbocycles. The zero-order chi connectivity index (χ0) is 29.6. The van der Waals surface area contributed by atoms with E-state index < -0.39 is 0 Å². The molecule has 0 aliphatic carbocycles. The highest BCUT2D eigenvalue weighted by Gasteiger charge is 2.22. The number of amidine groups is 1. The number of allylic oxidation sites excluding steroid dienone is 1. The topological polar surface area (TPSA) is 47.6 Å². The van der Waals surface area contributed by atoms with E-state index in [9.17, 15) is 0 Å². The van der Waals surface area contributed by atoms with Crippen LogP contribution < -0.4 is 10.5 Å². The standard InChI is InChI=1S/C40H28N2OS/c1-2-20-42-40(41)28-22-26(21-27(23-28)29-14-9-17-38-39(29)43-36-15-7-8-16-37(36)44-38)25-18-19-34-32-12-4-3-10-30(32)31-11-5-6-13-33(31)35(34)24-25/h2-24H,1H3,(H2,41,42)/b20-2-. The molecule has 0 amide bonds. The Kier molecular flexibility index (Phi) is 6.43. The second-order valence-corrected chi connectivity index (χ2v) is 12.0. The summed E-state index contributed by atoms with van der Waals surface area (Å²) in [5, 5.41) is 7.51. The van der Waals surface area contributed by atoms with Gasteiger partial charge < -0.3 is 10.5 Å². The molecule has 3 nitrogen and oxygen atoms in total. The summed E-state index contributed by atoms with van der Waals surface area (Å²) in [6, 6.07) is 45.1. The van der Waals surface area contributed by atoms with Gasteiger partial charge in [-0.05, 0) is 98.4 Å². The number of aliphatic imine (C=N–C) groups is 1. The maximum absolute atomic E-state index is 6.57. The first-order valence-corrected chi connectivity index (χ1v) is 15.5. The summed E-state index contributed by atoms with van der Waals surface area (Å²) in [5.41, 5.74) is 11.7. The number of para-hydroxylation sites is 2. The van der Waals surface area contributed by atoms with Crippen LogP contribution in [0.1, 0.15) is 12.5 Å². The number of nitrogens with zero attached hydrogens (tertiary/aromatic N) is 1. The zero-order valence-electron chi connectivity index (χ0n) is 24.1. The number of fused-ring (bicyclic) bond motifs is 8. The summed E-state index contributed by atoms with van der Waals surface area (Å²) in [6.07, 6.45) is 3.61. The summed E-state index contributed by atoms with van der Waals surface area (Å²) >= 11 is 1.73. The Hall–Kier alpha value is -5.32. The molecule has 0 unspecified atom stereocenters. The van der Waals surface area contributed by atoms with Gasteiger partial charge in [0.15, 0.2) is 0 Å². The van der Waals surface area contributed by atoms with Gasteiger partial charge in [0.25, 0.3) is 0 Å². The molecule has 210 valence electrons. The molecule has 0 fully saturated rings. The van der Waals surface area contributed by atoms with Crippen LogP contribution in [0.4, 0.5) is 0 Å². The smallest absolute Gasteiger partial charge is 0.149 e. The maximum atomic E-state index is 6.57. The normalized spacial score (nSPS) is 12.9. The lowest BCUT2D eigenvalue weighted by atomic mass is 9.90. The lowest BCUT2D eigenvalue weighted by Gasteiger charge is -2.22. The summed E-state index contributed by atoms with van der Waals surface area (Å²) < 4.78 is 6.53. The molecule has 1 aliphatic heterocycles. The molecule has 0 radical (unpaired) electrons. The lowest BCUT2D eigenvalue weighted by molar-refractivity contribution is 0.456. The third kappa shape index (κ3) is 4.43. The Bertz CT molecular complexity index is 2280. The highest BCUT2D eigenvalue weighted by atomic mass is 32.2. The highest BCUT2D eigenvalue weighted by Crippen LogP contribution is 2.51. The van der Waals surface area contributed by atoms with Crippen LogP contribution >= 0.6 is 11.8 Å². The van der Waals surface area contributed by atoms with E-state index in [1.807, 2.05) is 31.2 Å². The average Bonchev–Trinajstić information content (AvgIpc) is 3.09. The summed E-state index contributed by atoms with van der Waals surface area (Å²) in [6.45, 7) is 1.94. The molecule has 0 saturated carbocycles. The van der Waals surface area contributed by atoms with Gasteiger partial charge in [-0.25, -0.2) is 4.99 Å². The fourth-order valence-corrected chi connectivity index (χ4v) is 7.18. The minimum absolute atomic E-state index is 0.467. The van der Waals surface area contributed by atoms with Crippen molar-refractivity contribution in [3.05, 3.63) is 145 Å². The van der Waals surface area contributed by atoms with Crippen LogP contribution in [-0.2, 0) is 0 Å². The molecule has 8 rings (SSSR count). The second kappa shape index (κ2) is 10.7. The van der Waals surface area contributed by atoms with Crippen molar-refractivity contribution in [1.29, 1.82) is 0 Å². The van der Waals surface area contributed by atoms with E-state index in [4.69, 9.17) is 10.5 Å². The third-order valence-electron chi connectivity index (χ3n) is 8.24. The molecular formula is C40H28N2OS. The van der Waals surface area contributed by atoms with Crippen molar-refractivity contribution in [2.75, 3.05) is 0 Å². The van der Waals surface area contributed by atoms with Gasteiger partial charge in [0.05, 0.1) is 9.79 Å². The van der Waals surface area contributed by atoms with Gasteiger partial charge in [0, 0.05) is 17.3 Å². The van der Waals surface area contributed by atoms with Crippen molar-refractivity contribution in [2.45, 2.75) is 16.7 Å². The number of hydrogen-bond acceptors (Lipinski definition) is 3.